The zero-order chi connectivity index (χ0) is 25.1. The smallest absolute Gasteiger partial charge is 0.320 e. The van der Waals surface area contributed by atoms with Crippen molar-refractivity contribution in [3.63, 3.8) is 0 Å². The summed E-state index contributed by atoms with van der Waals surface area (Å²) >= 11 is 0. The highest BCUT2D eigenvalue weighted by molar-refractivity contribution is 5.99. The molecule has 1 fully saturated rings. The van der Waals surface area contributed by atoms with E-state index in [0.29, 0.717) is 30.1 Å². The molecule has 0 saturated carbocycles. The minimum absolute atomic E-state index is 0.0275. The SMILES string of the molecule is CCNC(=O)Nc1cn2nc(N3CC[C@H](NC(=O)c4cccc(-c5ccccc5)c4O)C3)ccc2n1. The zero-order valence-electron chi connectivity index (χ0n) is 19.8. The number of urea groups is 1. The molecule has 3 heterocycles. The number of aromatic hydroxyl groups is 1. The molecule has 1 aliphatic rings. The van der Waals surface area contributed by atoms with E-state index in [2.05, 4.69) is 30.9 Å². The van der Waals surface area contributed by atoms with Crippen LogP contribution in [0.25, 0.3) is 16.8 Å². The average molecular weight is 486 g/mol. The molecule has 2 aromatic carbocycles. The second-order valence-electron chi connectivity index (χ2n) is 8.58. The van der Waals surface area contributed by atoms with Crippen LogP contribution in [-0.4, -0.2) is 57.3 Å². The lowest BCUT2D eigenvalue weighted by atomic mass is 10.0. The predicted octanol–water partition coefficient (Wildman–Crippen LogP) is 3.25. The molecular weight excluding hydrogens is 458 g/mol. The number of carbonyl (C=O) groups is 2. The van der Waals surface area contributed by atoms with Crippen LogP contribution < -0.4 is 20.9 Å². The molecular formula is C26H27N7O3. The maximum Gasteiger partial charge on any atom is 0.320 e. The van der Waals surface area contributed by atoms with E-state index in [4.69, 9.17) is 0 Å². The number of rotatable bonds is 6. The van der Waals surface area contributed by atoms with Crippen LogP contribution >= 0.6 is 0 Å². The molecule has 2 aromatic heterocycles. The Balaban J connectivity index is 1.25. The Bertz CT molecular complexity index is 1400. The van der Waals surface area contributed by atoms with Crippen LogP contribution in [0.1, 0.15) is 23.7 Å². The van der Waals surface area contributed by atoms with E-state index in [-0.39, 0.29) is 29.3 Å². The molecule has 0 aliphatic carbocycles. The fourth-order valence-corrected chi connectivity index (χ4v) is 4.35. The van der Waals surface area contributed by atoms with Crippen LogP contribution in [0.5, 0.6) is 5.75 Å². The molecule has 10 heteroatoms. The lowest BCUT2D eigenvalue weighted by molar-refractivity contribution is 0.0937. The molecule has 1 atom stereocenters. The molecule has 36 heavy (non-hydrogen) atoms. The van der Waals surface area contributed by atoms with Gasteiger partial charge in [-0.25, -0.2) is 14.3 Å². The van der Waals surface area contributed by atoms with Gasteiger partial charge in [-0.3, -0.25) is 10.1 Å². The van der Waals surface area contributed by atoms with Crippen molar-refractivity contribution < 1.29 is 14.7 Å². The molecule has 3 amide bonds. The first-order valence-corrected chi connectivity index (χ1v) is 11.9. The predicted molar refractivity (Wildman–Crippen MR) is 137 cm³/mol. The average Bonchev–Trinajstić information content (AvgIpc) is 3.50. The van der Waals surface area contributed by atoms with Crippen molar-refractivity contribution in [3.05, 3.63) is 72.4 Å². The number of hydrogen-bond acceptors (Lipinski definition) is 6. The number of phenols is 1. The molecule has 1 saturated heterocycles. The highest BCUT2D eigenvalue weighted by Crippen LogP contribution is 2.32. The zero-order valence-corrected chi connectivity index (χ0v) is 19.8. The van der Waals surface area contributed by atoms with Crippen molar-refractivity contribution in [2.24, 2.45) is 0 Å². The fourth-order valence-electron chi connectivity index (χ4n) is 4.35. The monoisotopic (exact) mass is 485 g/mol. The Morgan fingerprint density at radius 3 is 2.72 bits per heavy atom. The van der Waals surface area contributed by atoms with Gasteiger partial charge in [-0.2, -0.15) is 0 Å². The van der Waals surface area contributed by atoms with E-state index in [9.17, 15) is 14.7 Å². The maximum absolute atomic E-state index is 13.0. The summed E-state index contributed by atoms with van der Waals surface area (Å²) in [6.07, 6.45) is 2.41. The second-order valence-corrected chi connectivity index (χ2v) is 8.58. The van der Waals surface area contributed by atoms with E-state index in [1.54, 1.807) is 28.9 Å². The Morgan fingerprint density at radius 1 is 1.08 bits per heavy atom. The molecule has 10 nitrogen and oxygen atoms in total. The van der Waals surface area contributed by atoms with Crippen LogP contribution in [0, 0.1) is 0 Å². The number of nitrogens with zero attached hydrogens (tertiary/aromatic N) is 4. The maximum atomic E-state index is 13.0. The van der Waals surface area contributed by atoms with Crippen molar-refractivity contribution >= 4 is 29.2 Å². The number of imidazole rings is 1. The lowest BCUT2D eigenvalue weighted by Gasteiger charge is -2.18. The summed E-state index contributed by atoms with van der Waals surface area (Å²) in [6.45, 7) is 3.67. The second kappa shape index (κ2) is 9.95. The molecule has 0 radical (unpaired) electrons. The fraction of sp³-hybridized carbons (Fsp3) is 0.231. The van der Waals surface area contributed by atoms with Crippen LogP contribution in [0.4, 0.5) is 16.4 Å². The number of amides is 3. The summed E-state index contributed by atoms with van der Waals surface area (Å²) < 4.78 is 1.62. The largest absolute Gasteiger partial charge is 0.506 e. The van der Waals surface area contributed by atoms with E-state index in [1.807, 2.05) is 49.4 Å². The van der Waals surface area contributed by atoms with Gasteiger partial charge < -0.3 is 20.6 Å². The van der Waals surface area contributed by atoms with Crippen LogP contribution in [-0.2, 0) is 0 Å². The Morgan fingerprint density at radius 2 is 1.92 bits per heavy atom. The molecule has 0 spiro atoms. The number of anilines is 2. The summed E-state index contributed by atoms with van der Waals surface area (Å²) in [7, 11) is 0. The number of fused-ring (bicyclic) bond motifs is 1. The number of hydrogen-bond donors (Lipinski definition) is 4. The summed E-state index contributed by atoms with van der Waals surface area (Å²) in [6, 6.07) is 18.0. The minimum Gasteiger partial charge on any atom is -0.506 e. The highest BCUT2D eigenvalue weighted by Gasteiger charge is 2.27. The summed E-state index contributed by atoms with van der Waals surface area (Å²) in [5, 5.41) is 23.8. The van der Waals surface area contributed by atoms with Gasteiger partial charge in [-0.15, -0.1) is 5.10 Å². The number of benzene rings is 2. The molecule has 184 valence electrons. The molecule has 0 bridgehead atoms. The van der Waals surface area contributed by atoms with Gasteiger partial charge in [0, 0.05) is 31.2 Å². The first-order valence-electron chi connectivity index (χ1n) is 11.9. The standard InChI is InChI=1S/C26H27N7O3/c1-2-27-26(36)30-21-16-33-22(29-21)11-12-23(31-33)32-14-13-18(15-32)28-25(35)20-10-6-9-19(24(20)34)17-7-4-3-5-8-17/h3-12,16,18,34H,2,13-15H2,1H3,(H,28,35)(H2,27,30,36)/t18-/m0/s1. The third-order valence-corrected chi connectivity index (χ3v) is 6.10. The van der Waals surface area contributed by atoms with Gasteiger partial charge in [-0.1, -0.05) is 42.5 Å². The van der Waals surface area contributed by atoms with Crippen LogP contribution in [0.2, 0.25) is 0 Å². The van der Waals surface area contributed by atoms with Crippen molar-refractivity contribution in [1.29, 1.82) is 0 Å². The van der Waals surface area contributed by atoms with Crippen molar-refractivity contribution in [3.8, 4) is 16.9 Å². The van der Waals surface area contributed by atoms with E-state index in [1.165, 1.54) is 0 Å². The number of phenolic OH excluding ortho intramolecular Hbond substituents is 1. The van der Waals surface area contributed by atoms with Crippen LogP contribution in [0.3, 0.4) is 0 Å². The molecule has 0 unspecified atom stereocenters. The molecule has 5 rings (SSSR count). The van der Waals surface area contributed by atoms with Gasteiger partial charge in [0.05, 0.1) is 11.8 Å². The summed E-state index contributed by atoms with van der Waals surface area (Å²) in [5.74, 6) is 0.821. The molecule has 1 aliphatic heterocycles. The number of aromatic nitrogens is 3. The van der Waals surface area contributed by atoms with Gasteiger partial charge in [0.15, 0.2) is 11.5 Å². The normalized spacial score (nSPS) is 15.1. The van der Waals surface area contributed by atoms with Crippen molar-refractivity contribution in [1.82, 2.24) is 25.2 Å². The summed E-state index contributed by atoms with van der Waals surface area (Å²) in [4.78, 5) is 31.2. The topological polar surface area (TPSA) is 124 Å². The Hall–Kier alpha value is -4.60. The first kappa shape index (κ1) is 23.2. The van der Waals surface area contributed by atoms with Gasteiger partial charge in [0.2, 0.25) is 0 Å². The lowest BCUT2D eigenvalue weighted by Crippen LogP contribution is -2.37. The van der Waals surface area contributed by atoms with Crippen molar-refractivity contribution in [2.45, 2.75) is 19.4 Å². The summed E-state index contributed by atoms with van der Waals surface area (Å²) in [5.41, 5.74) is 2.33. The van der Waals surface area contributed by atoms with Gasteiger partial charge in [0.1, 0.15) is 11.6 Å². The van der Waals surface area contributed by atoms with Gasteiger partial charge in [0.25, 0.3) is 5.91 Å². The number of nitrogens with one attached hydrogen (secondary N) is 3. The first-order chi connectivity index (χ1) is 17.5. The van der Waals surface area contributed by atoms with Crippen molar-refractivity contribution in [2.75, 3.05) is 29.9 Å². The third kappa shape index (κ3) is 4.78. The molecule has 4 N–H and O–H groups in total. The van der Waals surface area contributed by atoms with Gasteiger partial charge >= 0.3 is 6.03 Å². The minimum atomic E-state index is -0.320. The van der Waals surface area contributed by atoms with E-state index >= 15 is 0 Å². The Labute approximate surface area is 208 Å². The third-order valence-electron chi connectivity index (χ3n) is 6.10. The molecule has 4 aromatic rings. The van der Waals surface area contributed by atoms with Crippen LogP contribution in [0.15, 0.2) is 66.9 Å². The van der Waals surface area contributed by atoms with E-state index < -0.39 is 0 Å². The Kier molecular flexibility index (Phi) is 6.40. The van der Waals surface area contributed by atoms with Gasteiger partial charge in [-0.05, 0) is 37.1 Å². The number of carbonyl (C=O) groups excluding carboxylic acids is 2. The van der Waals surface area contributed by atoms with E-state index in [0.717, 1.165) is 24.3 Å². The highest BCUT2D eigenvalue weighted by atomic mass is 16.3. The quantitative estimate of drug-likeness (QED) is 0.332. The number of para-hydroxylation sites is 1.